The number of nitrogens with two attached hydrogens (primary N) is 1. The maximum Gasteiger partial charge on any atom is 0.265 e. The third-order valence-corrected chi connectivity index (χ3v) is 6.27. The molecule has 5 nitrogen and oxygen atoms in total. The van der Waals surface area contributed by atoms with E-state index < -0.39 is 49.4 Å². The summed E-state index contributed by atoms with van der Waals surface area (Å²) in [6.45, 7) is 0. The van der Waals surface area contributed by atoms with E-state index in [1.165, 1.54) is 0 Å². The molecular formula is C15H8BrF4N3O2S2. The van der Waals surface area contributed by atoms with Crippen molar-refractivity contribution < 1.29 is 26.0 Å². The van der Waals surface area contributed by atoms with Gasteiger partial charge in [-0.05, 0) is 46.3 Å². The highest BCUT2D eigenvalue weighted by atomic mass is 79.9. The van der Waals surface area contributed by atoms with Gasteiger partial charge >= 0.3 is 0 Å². The molecule has 3 aromatic rings. The molecule has 0 aliphatic rings. The number of halogens is 5. The minimum atomic E-state index is -4.69. The van der Waals surface area contributed by atoms with Gasteiger partial charge in [0, 0.05) is 0 Å². The molecule has 0 amide bonds. The second-order valence-corrected chi connectivity index (χ2v) is 9.14. The van der Waals surface area contributed by atoms with Crippen molar-refractivity contribution in [3.05, 3.63) is 57.4 Å². The van der Waals surface area contributed by atoms with Crippen molar-refractivity contribution in [2.75, 3.05) is 10.5 Å². The molecule has 0 radical (unpaired) electrons. The number of nitrogen functional groups attached to an aromatic ring is 1. The standard InChI is InChI=1S/C15H8BrF4N3O2S2/c16-14-13(22-15(21)26-14)11-8(19)3-4-9(12(11)20)23-27(24,25)10-5-6(17)1-2-7(10)18/h1-5,23H,(H2,21,22). The number of hydrogen-bond donors (Lipinski definition) is 2. The molecule has 1 aromatic heterocycles. The van der Waals surface area contributed by atoms with E-state index in [9.17, 15) is 26.0 Å². The highest BCUT2D eigenvalue weighted by Crippen LogP contribution is 2.39. The van der Waals surface area contributed by atoms with Crippen molar-refractivity contribution in [1.29, 1.82) is 0 Å². The summed E-state index contributed by atoms with van der Waals surface area (Å²) in [7, 11) is -4.69. The highest BCUT2D eigenvalue weighted by Gasteiger charge is 2.25. The highest BCUT2D eigenvalue weighted by molar-refractivity contribution is 9.11. The number of rotatable bonds is 4. The Balaban J connectivity index is 2.10. The predicted octanol–water partition coefficient (Wildman–Crippen LogP) is 4.51. The van der Waals surface area contributed by atoms with Crippen molar-refractivity contribution in [3.8, 4) is 11.3 Å². The quantitative estimate of drug-likeness (QED) is 0.536. The van der Waals surface area contributed by atoms with Crippen LogP contribution in [0.3, 0.4) is 0 Å². The minimum Gasteiger partial charge on any atom is -0.375 e. The number of nitrogens with one attached hydrogen (secondary N) is 1. The normalized spacial score (nSPS) is 11.6. The first-order chi connectivity index (χ1) is 12.6. The summed E-state index contributed by atoms with van der Waals surface area (Å²) >= 11 is 4.00. The summed E-state index contributed by atoms with van der Waals surface area (Å²) in [5, 5.41) is 0.0310. The molecule has 0 bridgehead atoms. The first kappa shape index (κ1) is 19.6. The number of anilines is 2. The van der Waals surface area contributed by atoms with Gasteiger partial charge in [-0.15, -0.1) is 0 Å². The van der Waals surface area contributed by atoms with Gasteiger partial charge in [0.15, 0.2) is 10.9 Å². The average molecular weight is 482 g/mol. The van der Waals surface area contributed by atoms with Gasteiger partial charge in [-0.2, -0.15) is 0 Å². The molecule has 0 atom stereocenters. The molecule has 27 heavy (non-hydrogen) atoms. The molecule has 0 aliphatic heterocycles. The summed E-state index contributed by atoms with van der Waals surface area (Å²) in [6.07, 6.45) is 0. The zero-order valence-electron chi connectivity index (χ0n) is 12.9. The van der Waals surface area contributed by atoms with Gasteiger partial charge in [0.25, 0.3) is 10.0 Å². The van der Waals surface area contributed by atoms with Crippen LogP contribution in [0, 0.1) is 23.3 Å². The van der Waals surface area contributed by atoms with Gasteiger partial charge in [0.05, 0.1) is 15.0 Å². The van der Waals surface area contributed by atoms with Gasteiger partial charge in [0.2, 0.25) is 0 Å². The number of sulfonamides is 1. The number of nitrogens with zero attached hydrogens (tertiary/aromatic N) is 1. The maximum absolute atomic E-state index is 14.8. The Morgan fingerprint density at radius 3 is 2.37 bits per heavy atom. The molecule has 0 saturated carbocycles. The smallest absolute Gasteiger partial charge is 0.265 e. The molecule has 0 fully saturated rings. The summed E-state index contributed by atoms with van der Waals surface area (Å²) in [6, 6.07) is 3.41. The van der Waals surface area contributed by atoms with E-state index in [0.29, 0.717) is 12.1 Å². The number of thiazole rings is 1. The van der Waals surface area contributed by atoms with E-state index in [-0.39, 0.29) is 14.6 Å². The van der Waals surface area contributed by atoms with Crippen LogP contribution in [0.4, 0.5) is 28.4 Å². The summed E-state index contributed by atoms with van der Waals surface area (Å²) < 4.78 is 82.6. The Morgan fingerprint density at radius 1 is 1.07 bits per heavy atom. The Labute approximate surface area is 163 Å². The van der Waals surface area contributed by atoms with Crippen LogP contribution < -0.4 is 10.5 Å². The van der Waals surface area contributed by atoms with Crippen molar-refractivity contribution >= 4 is 48.1 Å². The SMILES string of the molecule is Nc1nc(-c2c(F)ccc(NS(=O)(=O)c3cc(F)ccc3F)c2F)c(Br)s1. The first-order valence-electron chi connectivity index (χ1n) is 6.98. The summed E-state index contributed by atoms with van der Waals surface area (Å²) in [5.74, 6) is -4.54. The molecule has 12 heteroatoms. The molecular weight excluding hydrogens is 474 g/mol. The fraction of sp³-hybridized carbons (Fsp3) is 0. The third kappa shape index (κ3) is 3.77. The van der Waals surface area contributed by atoms with E-state index in [1.54, 1.807) is 4.72 Å². The van der Waals surface area contributed by atoms with Crippen molar-refractivity contribution in [2.24, 2.45) is 0 Å². The van der Waals surface area contributed by atoms with Gasteiger partial charge in [-0.25, -0.2) is 31.0 Å². The lowest BCUT2D eigenvalue weighted by molar-refractivity contribution is 0.554. The van der Waals surface area contributed by atoms with Crippen LogP contribution in [0.2, 0.25) is 0 Å². The van der Waals surface area contributed by atoms with E-state index in [1.807, 2.05) is 0 Å². The third-order valence-electron chi connectivity index (χ3n) is 3.36. The lowest BCUT2D eigenvalue weighted by atomic mass is 10.1. The van der Waals surface area contributed by atoms with Gasteiger partial charge in [0.1, 0.15) is 28.0 Å². The van der Waals surface area contributed by atoms with Crippen LogP contribution in [-0.2, 0) is 10.0 Å². The fourth-order valence-electron chi connectivity index (χ4n) is 2.20. The van der Waals surface area contributed by atoms with Crippen LogP contribution >= 0.6 is 27.3 Å². The monoisotopic (exact) mass is 481 g/mol. The van der Waals surface area contributed by atoms with Crippen molar-refractivity contribution in [1.82, 2.24) is 4.98 Å². The van der Waals surface area contributed by atoms with Crippen LogP contribution in [0.25, 0.3) is 11.3 Å². The predicted molar refractivity (Wildman–Crippen MR) is 96.7 cm³/mol. The maximum atomic E-state index is 14.8. The van der Waals surface area contributed by atoms with Crippen LogP contribution in [-0.4, -0.2) is 13.4 Å². The van der Waals surface area contributed by atoms with Crippen LogP contribution in [0.15, 0.2) is 39.0 Å². The average Bonchev–Trinajstić information content (AvgIpc) is 2.91. The molecule has 0 saturated heterocycles. The van der Waals surface area contributed by atoms with Gasteiger partial charge in [-0.3, -0.25) is 4.72 Å². The van der Waals surface area contributed by atoms with Gasteiger partial charge < -0.3 is 5.73 Å². The summed E-state index contributed by atoms with van der Waals surface area (Å²) in [4.78, 5) is 2.78. The molecule has 0 spiro atoms. The topological polar surface area (TPSA) is 85.1 Å². The largest absolute Gasteiger partial charge is 0.375 e. The molecule has 3 N–H and O–H groups in total. The van der Waals surface area contributed by atoms with Crippen LogP contribution in [0.1, 0.15) is 0 Å². The number of benzene rings is 2. The molecule has 1 heterocycles. The molecule has 0 unspecified atom stereocenters. The van der Waals surface area contributed by atoms with E-state index in [0.717, 1.165) is 29.5 Å². The Hall–Kier alpha value is -2.18. The lowest BCUT2D eigenvalue weighted by Crippen LogP contribution is -2.16. The van der Waals surface area contributed by atoms with Crippen molar-refractivity contribution in [3.63, 3.8) is 0 Å². The Kier molecular flexibility index (Phi) is 5.14. The molecule has 142 valence electrons. The Bertz CT molecular complexity index is 1150. The summed E-state index contributed by atoms with van der Waals surface area (Å²) in [5.41, 5.74) is 4.04. The second-order valence-electron chi connectivity index (χ2n) is 5.14. The number of aromatic nitrogens is 1. The fourth-order valence-corrected chi connectivity index (χ4v) is 4.70. The first-order valence-corrected chi connectivity index (χ1v) is 10.1. The molecule has 2 aromatic carbocycles. The van der Waals surface area contributed by atoms with E-state index in [2.05, 4.69) is 20.9 Å². The zero-order valence-corrected chi connectivity index (χ0v) is 16.2. The Morgan fingerprint density at radius 2 is 1.74 bits per heavy atom. The second kappa shape index (κ2) is 7.09. The zero-order chi connectivity index (χ0) is 19.9. The van der Waals surface area contributed by atoms with E-state index in [4.69, 9.17) is 5.73 Å². The van der Waals surface area contributed by atoms with E-state index >= 15 is 0 Å². The lowest BCUT2D eigenvalue weighted by Gasteiger charge is -2.12. The molecule has 0 aliphatic carbocycles. The number of hydrogen-bond acceptors (Lipinski definition) is 5. The molecule has 3 rings (SSSR count). The van der Waals surface area contributed by atoms with Gasteiger partial charge in [-0.1, -0.05) is 11.3 Å². The minimum absolute atomic E-state index is 0.0310. The van der Waals surface area contributed by atoms with Crippen molar-refractivity contribution in [2.45, 2.75) is 4.90 Å². The van der Waals surface area contributed by atoms with Crippen LogP contribution in [0.5, 0.6) is 0 Å².